The minimum atomic E-state index is 0.963. The quantitative estimate of drug-likeness (QED) is 0.402. The van der Waals surface area contributed by atoms with E-state index in [1.807, 2.05) is 0 Å². The van der Waals surface area contributed by atoms with Crippen LogP contribution in [-0.2, 0) is 0 Å². The molecule has 3 saturated carbocycles. The highest BCUT2D eigenvalue weighted by molar-refractivity contribution is 5.16. The van der Waals surface area contributed by atoms with Crippen LogP contribution >= 0.6 is 0 Å². The normalized spacial score (nSPS) is 46.6. The molecule has 0 nitrogen and oxygen atoms in total. The second-order valence-electron chi connectivity index (χ2n) is 2.90. The molecule has 0 spiro atoms. The van der Waals surface area contributed by atoms with Crippen LogP contribution in [0.4, 0.5) is 0 Å². The first-order valence-corrected chi connectivity index (χ1v) is 3.04. The summed E-state index contributed by atoms with van der Waals surface area (Å²) in [4.78, 5) is 0. The fourth-order valence-corrected chi connectivity index (χ4v) is 1.77. The van der Waals surface area contributed by atoms with Gasteiger partial charge in [0.1, 0.15) is 0 Å². The van der Waals surface area contributed by atoms with Crippen molar-refractivity contribution in [3.05, 3.63) is 12.2 Å². The van der Waals surface area contributed by atoms with Crippen LogP contribution in [-0.4, -0.2) is 0 Å². The van der Waals surface area contributed by atoms with Crippen LogP contribution in [0.5, 0.6) is 0 Å². The van der Waals surface area contributed by atoms with Gasteiger partial charge < -0.3 is 0 Å². The van der Waals surface area contributed by atoms with Crippen molar-refractivity contribution >= 4 is 0 Å². The fourth-order valence-electron chi connectivity index (χ4n) is 1.77. The van der Waals surface area contributed by atoms with Gasteiger partial charge in [-0.05, 0) is 31.1 Å². The van der Waals surface area contributed by atoms with Crippen molar-refractivity contribution in [1.82, 2.24) is 0 Å². The maximum Gasteiger partial charge on any atom is -0.0200 e. The average molecular weight is 94.2 g/mol. The maximum atomic E-state index is 3.98. The van der Waals surface area contributed by atoms with E-state index < -0.39 is 0 Å². The molecule has 3 fully saturated rings. The van der Waals surface area contributed by atoms with Crippen LogP contribution in [0.1, 0.15) is 19.3 Å². The summed E-state index contributed by atoms with van der Waals surface area (Å²) in [7, 11) is 0. The Kier molecular flexibility index (Phi) is 0.495. The lowest BCUT2D eigenvalue weighted by molar-refractivity contribution is 0.316. The van der Waals surface area contributed by atoms with Crippen molar-refractivity contribution in [1.29, 1.82) is 0 Å². The largest absolute Gasteiger partial charge is 0.0996 e. The summed E-state index contributed by atoms with van der Waals surface area (Å²) in [5, 5.41) is 0. The van der Waals surface area contributed by atoms with Crippen molar-refractivity contribution in [3.63, 3.8) is 0 Å². The molecule has 2 bridgehead atoms. The topological polar surface area (TPSA) is 0 Å². The highest BCUT2D eigenvalue weighted by atomic mass is 14.4. The molecule has 0 aromatic carbocycles. The van der Waals surface area contributed by atoms with Gasteiger partial charge in [-0.25, -0.2) is 0 Å². The predicted molar refractivity (Wildman–Crippen MR) is 30.0 cm³/mol. The van der Waals surface area contributed by atoms with E-state index >= 15 is 0 Å². The third-order valence-corrected chi connectivity index (χ3v) is 2.36. The van der Waals surface area contributed by atoms with E-state index in [2.05, 4.69) is 6.58 Å². The zero-order valence-corrected chi connectivity index (χ0v) is 4.48. The summed E-state index contributed by atoms with van der Waals surface area (Å²) in [6, 6.07) is 0. The van der Waals surface area contributed by atoms with E-state index in [1.54, 1.807) is 0 Å². The van der Waals surface area contributed by atoms with E-state index in [0.717, 1.165) is 11.8 Å². The van der Waals surface area contributed by atoms with E-state index in [1.165, 1.54) is 24.8 Å². The summed E-state index contributed by atoms with van der Waals surface area (Å²) in [5.74, 6) is 2.03. The Morgan fingerprint density at radius 3 is 2.29 bits per heavy atom. The molecule has 0 amide bonds. The van der Waals surface area contributed by atoms with E-state index in [0.29, 0.717) is 0 Å². The summed E-state index contributed by atoms with van der Waals surface area (Å²) < 4.78 is 0. The van der Waals surface area contributed by atoms with Crippen LogP contribution in [0, 0.1) is 11.8 Å². The summed E-state index contributed by atoms with van der Waals surface area (Å²) in [6.45, 7) is 3.98. The van der Waals surface area contributed by atoms with Crippen LogP contribution in [0.3, 0.4) is 0 Å². The monoisotopic (exact) mass is 94.1 g/mol. The lowest BCUT2D eigenvalue weighted by Crippen LogP contribution is -2.10. The van der Waals surface area contributed by atoms with Crippen molar-refractivity contribution in [3.8, 4) is 0 Å². The maximum absolute atomic E-state index is 3.98. The minimum Gasteiger partial charge on any atom is -0.0996 e. The highest BCUT2D eigenvalue weighted by Gasteiger charge is 2.38. The van der Waals surface area contributed by atoms with Crippen LogP contribution in [0.2, 0.25) is 0 Å². The number of fused-ring (bicyclic) bond motifs is 1. The lowest BCUT2D eigenvalue weighted by atomic mass is 9.84. The molecule has 0 aromatic rings. The predicted octanol–water partition coefficient (Wildman–Crippen LogP) is 1.97. The second-order valence-corrected chi connectivity index (χ2v) is 2.90. The smallest absolute Gasteiger partial charge is 0.0200 e. The first-order valence-electron chi connectivity index (χ1n) is 3.04. The van der Waals surface area contributed by atoms with Gasteiger partial charge in [-0.15, -0.1) is 0 Å². The Morgan fingerprint density at radius 2 is 2.14 bits per heavy atom. The van der Waals surface area contributed by atoms with Gasteiger partial charge in [0.2, 0.25) is 0 Å². The van der Waals surface area contributed by atoms with Gasteiger partial charge in [0.15, 0.2) is 0 Å². The summed E-state index contributed by atoms with van der Waals surface area (Å²) in [6.07, 6.45) is 4.29. The van der Waals surface area contributed by atoms with Crippen molar-refractivity contribution in [2.45, 2.75) is 19.3 Å². The van der Waals surface area contributed by atoms with E-state index in [-0.39, 0.29) is 0 Å². The Morgan fingerprint density at radius 1 is 1.43 bits per heavy atom. The van der Waals surface area contributed by atoms with Crippen LogP contribution in [0.15, 0.2) is 12.2 Å². The van der Waals surface area contributed by atoms with Crippen molar-refractivity contribution in [2.75, 3.05) is 0 Å². The highest BCUT2D eigenvalue weighted by Crippen LogP contribution is 2.50. The molecule has 0 aromatic heterocycles. The number of hydrogen-bond donors (Lipinski definition) is 0. The standard InChI is InChI=1S/C7H10/c1-5-2-6-3-7(5)4-6/h6-7H,1-4H2. The zero-order chi connectivity index (χ0) is 4.85. The van der Waals surface area contributed by atoms with Crippen molar-refractivity contribution < 1.29 is 0 Å². The number of allylic oxidation sites excluding steroid dienone is 1. The zero-order valence-electron chi connectivity index (χ0n) is 4.48. The van der Waals surface area contributed by atoms with Crippen molar-refractivity contribution in [2.24, 2.45) is 11.8 Å². The van der Waals surface area contributed by atoms with E-state index in [9.17, 15) is 0 Å². The van der Waals surface area contributed by atoms with Crippen LogP contribution in [0.25, 0.3) is 0 Å². The SMILES string of the molecule is C=C1CC2CC1C2. The number of rotatable bonds is 0. The van der Waals surface area contributed by atoms with Gasteiger partial charge >= 0.3 is 0 Å². The third kappa shape index (κ3) is 0.324. The first-order chi connectivity index (χ1) is 3.36. The molecular formula is C7H10. The van der Waals surface area contributed by atoms with Gasteiger partial charge in [-0.2, -0.15) is 0 Å². The molecule has 0 unspecified atom stereocenters. The van der Waals surface area contributed by atoms with Gasteiger partial charge in [0, 0.05) is 0 Å². The molecular weight excluding hydrogens is 84.1 g/mol. The molecule has 3 aliphatic rings. The Hall–Kier alpha value is -0.260. The van der Waals surface area contributed by atoms with E-state index in [4.69, 9.17) is 0 Å². The molecule has 0 saturated heterocycles. The Labute approximate surface area is 44.2 Å². The van der Waals surface area contributed by atoms with Gasteiger partial charge in [-0.3, -0.25) is 0 Å². The lowest BCUT2D eigenvalue weighted by Gasteiger charge is -2.21. The summed E-state index contributed by atoms with van der Waals surface area (Å²) in [5.41, 5.74) is 1.53. The minimum absolute atomic E-state index is 0.963. The van der Waals surface area contributed by atoms with Gasteiger partial charge in [0.05, 0.1) is 0 Å². The molecule has 3 aliphatic carbocycles. The molecule has 0 aliphatic heterocycles. The third-order valence-electron chi connectivity index (χ3n) is 2.36. The first kappa shape index (κ1) is 3.71. The van der Waals surface area contributed by atoms with Gasteiger partial charge in [-0.1, -0.05) is 12.2 Å². The molecule has 38 valence electrons. The Bertz CT molecular complexity index is 107. The van der Waals surface area contributed by atoms with Crippen LogP contribution < -0.4 is 0 Å². The molecule has 0 radical (unpaired) electrons. The molecule has 0 N–H and O–H groups in total. The molecule has 0 atom stereocenters. The molecule has 3 rings (SSSR count). The fraction of sp³-hybridized carbons (Fsp3) is 0.714. The summed E-state index contributed by atoms with van der Waals surface area (Å²) >= 11 is 0. The van der Waals surface area contributed by atoms with Gasteiger partial charge in [0.25, 0.3) is 0 Å². The molecule has 7 heavy (non-hydrogen) atoms. The average Bonchev–Trinajstić information content (AvgIpc) is 1.85. The molecule has 0 heteroatoms. The second kappa shape index (κ2) is 0.936. The number of hydrogen-bond acceptors (Lipinski definition) is 0. The Balaban J connectivity index is 2.27. The molecule has 0 heterocycles.